The van der Waals surface area contributed by atoms with Gasteiger partial charge in [0, 0.05) is 28.0 Å². The fraction of sp³-hybridized carbons (Fsp3) is 0.0800. The molecular formula is C25H21ClN4O2. The van der Waals surface area contributed by atoms with Gasteiger partial charge in [0.05, 0.1) is 24.0 Å². The number of hydrogen-bond donors (Lipinski definition) is 2. The largest absolute Gasteiger partial charge is 0.376 e. The van der Waals surface area contributed by atoms with E-state index in [4.69, 9.17) is 11.6 Å². The molecule has 0 spiro atoms. The van der Waals surface area contributed by atoms with Crippen LogP contribution in [0.5, 0.6) is 0 Å². The van der Waals surface area contributed by atoms with Gasteiger partial charge in [0.2, 0.25) is 5.78 Å². The van der Waals surface area contributed by atoms with Gasteiger partial charge in [-0.05, 0) is 61.0 Å². The minimum Gasteiger partial charge on any atom is -0.376 e. The molecule has 1 amide bonds. The molecule has 0 fully saturated rings. The van der Waals surface area contributed by atoms with E-state index in [0.717, 1.165) is 22.3 Å². The predicted molar refractivity (Wildman–Crippen MR) is 128 cm³/mol. The molecule has 0 aliphatic heterocycles. The van der Waals surface area contributed by atoms with Gasteiger partial charge < -0.3 is 9.72 Å². The summed E-state index contributed by atoms with van der Waals surface area (Å²) in [6, 6.07) is 21.9. The maximum Gasteiger partial charge on any atom is 0.259 e. The average Bonchev–Trinajstić information content (AvgIpc) is 3.10. The highest BCUT2D eigenvalue weighted by Gasteiger charge is 2.20. The molecule has 32 heavy (non-hydrogen) atoms. The molecule has 2 N–H and O–H groups in total. The maximum atomic E-state index is 13.2. The van der Waals surface area contributed by atoms with Gasteiger partial charge in [-0.25, -0.2) is 5.43 Å². The number of nitrogens with zero attached hydrogens (tertiary/aromatic N) is 2. The molecule has 2 aromatic carbocycles. The van der Waals surface area contributed by atoms with E-state index in [1.165, 1.54) is 0 Å². The van der Waals surface area contributed by atoms with Crippen LogP contribution in [0.4, 0.5) is 5.69 Å². The number of ketones is 1. The van der Waals surface area contributed by atoms with Gasteiger partial charge in [-0.1, -0.05) is 35.9 Å². The molecule has 0 bridgehead atoms. The number of para-hydroxylation sites is 1. The van der Waals surface area contributed by atoms with E-state index in [2.05, 4.69) is 15.8 Å². The number of pyridine rings is 1. The van der Waals surface area contributed by atoms with Gasteiger partial charge in [-0.15, -0.1) is 0 Å². The van der Waals surface area contributed by atoms with Crippen LogP contribution in [0.15, 0.2) is 84.1 Å². The Hall–Kier alpha value is -3.90. The van der Waals surface area contributed by atoms with Crippen molar-refractivity contribution in [2.24, 2.45) is 5.10 Å². The number of fused-ring (bicyclic) bond motifs is 1. The van der Waals surface area contributed by atoms with Crippen molar-refractivity contribution < 1.29 is 9.59 Å². The van der Waals surface area contributed by atoms with E-state index >= 15 is 0 Å². The van der Waals surface area contributed by atoms with E-state index in [0.29, 0.717) is 16.3 Å². The summed E-state index contributed by atoms with van der Waals surface area (Å²) in [6.45, 7) is 1.97. The summed E-state index contributed by atoms with van der Waals surface area (Å²) < 4.78 is 1.84. The molecule has 0 atom stereocenters. The summed E-state index contributed by atoms with van der Waals surface area (Å²) in [6.07, 6.45) is 3.41. The number of anilines is 1. The fourth-order valence-corrected chi connectivity index (χ4v) is 3.61. The number of nitrogens with one attached hydrogen (secondary N) is 2. The van der Waals surface area contributed by atoms with Gasteiger partial charge in [-0.3, -0.25) is 9.59 Å². The van der Waals surface area contributed by atoms with Crippen molar-refractivity contribution in [2.75, 3.05) is 11.9 Å². The first kappa shape index (κ1) is 21.3. The number of halogens is 1. The second-order valence-corrected chi connectivity index (χ2v) is 7.63. The number of amides is 1. The second kappa shape index (κ2) is 9.49. The molecule has 4 rings (SSSR count). The Kier molecular flexibility index (Phi) is 6.33. The van der Waals surface area contributed by atoms with Crippen molar-refractivity contribution in [2.45, 2.75) is 6.92 Å². The molecule has 0 aliphatic carbocycles. The van der Waals surface area contributed by atoms with Crippen LogP contribution in [0.3, 0.4) is 0 Å². The SMILES string of the molecule is Cc1c(C=NNC(=O)CNc2ccccc2)c2ccccn2c1C(=O)c1ccc(Cl)cc1. The monoisotopic (exact) mass is 444 g/mol. The number of carbonyl (C=O) groups excluding carboxylic acids is 2. The highest BCUT2D eigenvalue weighted by atomic mass is 35.5. The molecule has 0 saturated heterocycles. The summed E-state index contributed by atoms with van der Waals surface area (Å²) in [5, 5.41) is 7.72. The van der Waals surface area contributed by atoms with Crippen molar-refractivity contribution in [3.8, 4) is 0 Å². The Balaban J connectivity index is 1.55. The topological polar surface area (TPSA) is 75.0 Å². The molecule has 2 aromatic heterocycles. The molecule has 0 unspecified atom stereocenters. The number of aromatic nitrogens is 1. The highest BCUT2D eigenvalue weighted by Crippen LogP contribution is 2.24. The van der Waals surface area contributed by atoms with Crippen molar-refractivity contribution in [3.63, 3.8) is 0 Å². The fourth-order valence-electron chi connectivity index (χ4n) is 3.49. The van der Waals surface area contributed by atoms with E-state index < -0.39 is 0 Å². The van der Waals surface area contributed by atoms with Crippen LogP contribution in [0.25, 0.3) is 5.52 Å². The maximum absolute atomic E-state index is 13.2. The van der Waals surface area contributed by atoms with Crippen LogP contribution in [0, 0.1) is 6.92 Å². The number of hydrazone groups is 1. The van der Waals surface area contributed by atoms with Crippen molar-refractivity contribution in [1.82, 2.24) is 9.83 Å². The molecule has 7 heteroatoms. The average molecular weight is 445 g/mol. The van der Waals surface area contributed by atoms with Crippen molar-refractivity contribution in [1.29, 1.82) is 0 Å². The first-order valence-corrected chi connectivity index (χ1v) is 10.4. The Morgan fingerprint density at radius 2 is 1.72 bits per heavy atom. The van der Waals surface area contributed by atoms with Crippen LogP contribution in [-0.4, -0.2) is 28.9 Å². The van der Waals surface area contributed by atoms with Gasteiger partial charge in [0.15, 0.2) is 0 Å². The summed E-state index contributed by atoms with van der Waals surface area (Å²) in [7, 11) is 0. The third-order valence-corrected chi connectivity index (χ3v) is 5.32. The lowest BCUT2D eigenvalue weighted by Gasteiger charge is -2.04. The first-order chi connectivity index (χ1) is 15.5. The third-order valence-electron chi connectivity index (χ3n) is 5.07. The molecule has 0 saturated carbocycles. The lowest BCUT2D eigenvalue weighted by molar-refractivity contribution is -0.119. The molecule has 0 aliphatic rings. The molecule has 6 nitrogen and oxygen atoms in total. The standard InChI is InChI=1S/C25H21ClN4O2/c1-17-21(15-28-29-23(31)16-27-20-7-3-2-4-8-20)22-9-5-6-14-30(22)24(17)25(32)18-10-12-19(26)13-11-18/h2-15,27H,16H2,1H3,(H,29,31). The molecule has 4 aromatic rings. The van der Waals surface area contributed by atoms with Crippen molar-refractivity contribution >= 4 is 40.7 Å². The number of rotatable bonds is 7. The van der Waals surface area contributed by atoms with E-state index in [-0.39, 0.29) is 18.2 Å². The number of hydrogen-bond acceptors (Lipinski definition) is 4. The summed E-state index contributed by atoms with van der Waals surface area (Å²) in [5.41, 5.74) is 6.83. The van der Waals surface area contributed by atoms with E-state index in [1.54, 1.807) is 30.5 Å². The predicted octanol–water partition coefficient (Wildman–Crippen LogP) is 4.69. The normalized spacial score (nSPS) is 11.1. The van der Waals surface area contributed by atoms with Crippen LogP contribution in [0.2, 0.25) is 5.02 Å². The zero-order chi connectivity index (χ0) is 22.5. The van der Waals surface area contributed by atoms with Crippen LogP contribution in [0.1, 0.15) is 27.2 Å². The molecular weight excluding hydrogens is 424 g/mol. The Morgan fingerprint density at radius 1 is 1.00 bits per heavy atom. The van der Waals surface area contributed by atoms with Crippen LogP contribution in [-0.2, 0) is 4.79 Å². The van der Waals surface area contributed by atoms with E-state index in [9.17, 15) is 9.59 Å². The lowest BCUT2D eigenvalue weighted by atomic mass is 10.0. The number of benzene rings is 2. The van der Waals surface area contributed by atoms with Gasteiger partial charge in [0.25, 0.3) is 5.91 Å². The zero-order valence-electron chi connectivity index (χ0n) is 17.4. The minimum atomic E-state index is -0.274. The Bertz CT molecular complexity index is 1300. The van der Waals surface area contributed by atoms with Crippen molar-refractivity contribution in [3.05, 3.63) is 106 Å². The second-order valence-electron chi connectivity index (χ2n) is 7.19. The summed E-state index contributed by atoms with van der Waals surface area (Å²) in [4.78, 5) is 25.3. The number of carbonyl (C=O) groups is 2. The first-order valence-electron chi connectivity index (χ1n) is 10.1. The molecule has 0 radical (unpaired) electrons. The third kappa shape index (κ3) is 4.55. The van der Waals surface area contributed by atoms with Crippen LogP contribution >= 0.6 is 11.6 Å². The minimum absolute atomic E-state index is 0.0944. The zero-order valence-corrected chi connectivity index (χ0v) is 18.1. The quantitative estimate of drug-likeness (QED) is 0.246. The summed E-state index contributed by atoms with van der Waals surface area (Å²) in [5.74, 6) is -0.389. The summed E-state index contributed by atoms with van der Waals surface area (Å²) >= 11 is 5.96. The Labute approximate surface area is 190 Å². The smallest absolute Gasteiger partial charge is 0.259 e. The van der Waals surface area contributed by atoms with Gasteiger partial charge in [-0.2, -0.15) is 5.10 Å². The highest BCUT2D eigenvalue weighted by molar-refractivity contribution is 6.30. The molecule has 160 valence electrons. The van der Waals surface area contributed by atoms with E-state index in [1.807, 2.05) is 66.1 Å². The lowest BCUT2D eigenvalue weighted by Crippen LogP contribution is -2.25. The van der Waals surface area contributed by atoms with Crippen LogP contribution < -0.4 is 10.7 Å². The van der Waals surface area contributed by atoms with Gasteiger partial charge in [0.1, 0.15) is 0 Å². The van der Waals surface area contributed by atoms with Gasteiger partial charge >= 0.3 is 0 Å². The Morgan fingerprint density at radius 3 is 2.47 bits per heavy atom. The molecule has 2 heterocycles.